The average Bonchev–Trinajstić information content (AvgIpc) is 3.67. The zero-order valence-electron chi connectivity index (χ0n) is 21.9. The number of aromatic amines is 1. The largest absolute Gasteiger partial charge is 0.497 e. The van der Waals surface area contributed by atoms with Crippen LogP contribution < -0.4 is 10.3 Å². The second-order valence-electron chi connectivity index (χ2n) is 10.0. The number of hydrogen-bond acceptors (Lipinski definition) is 8. The van der Waals surface area contributed by atoms with Crippen molar-refractivity contribution in [3.05, 3.63) is 100 Å². The minimum atomic E-state index is -0.549. The monoisotopic (exact) mass is 525 g/mol. The first-order chi connectivity index (χ1) is 19.2. The predicted octanol–water partition coefficient (Wildman–Crippen LogP) is 4.81. The number of nitrogens with one attached hydrogen (secondary N) is 1. The van der Waals surface area contributed by atoms with E-state index in [2.05, 4.69) is 30.4 Å². The van der Waals surface area contributed by atoms with Gasteiger partial charge < -0.3 is 14.1 Å². The van der Waals surface area contributed by atoms with Gasteiger partial charge in [-0.05, 0) is 71.3 Å². The van der Waals surface area contributed by atoms with Crippen LogP contribution in [0.5, 0.6) is 5.75 Å². The van der Waals surface area contributed by atoms with E-state index in [1.165, 1.54) is 6.42 Å². The molecule has 4 aromatic heterocycles. The summed E-state index contributed by atoms with van der Waals surface area (Å²) < 4.78 is 13.2. The van der Waals surface area contributed by atoms with Crippen molar-refractivity contribution in [2.24, 2.45) is 0 Å². The van der Waals surface area contributed by atoms with E-state index in [1.807, 2.05) is 59.4 Å². The number of hydrogen-bond donors (Lipinski definition) is 1. The molecule has 200 valence electrons. The van der Waals surface area contributed by atoms with Crippen molar-refractivity contribution in [2.45, 2.75) is 57.3 Å². The number of furan rings is 1. The molecule has 0 saturated heterocycles. The minimum absolute atomic E-state index is 0.188. The van der Waals surface area contributed by atoms with Crippen molar-refractivity contribution in [1.29, 1.82) is 0 Å². The third kappa shape index (κ3) is 5.33. The van der Waals surface area contributed by atoms with Crippen LogP contribution in [0.15, 0.2) is 76.4 Å². The molecule has 0 spiro atoms. The molecule has 1 fully saturated rings. The second kappa shape index (κ2) is 11.2. The van der Waals surface area contributed by atoms with Crippen molar-refractivity contribution in [3.8, 4) is 5.75 Å². The Bertz CT molecular complexity index is 1570. The molecule has 0 radical (unpaired) electrons. The lowest BCUT2D eigenvalue weighted by molar-refractivity contribution is 0.173. The number of H-pyrrole nitrogens is 1. The Balaban J connectivity index is 1.53. The summed E-state index contributed by atoms with van der Waals surface area (Å²) in [7, 11) is 1.63. The molecular formula is C29H31N7O3. The van der Waals surface area contributed by atoms with Gasteiger partial charge in [0.15, 0.2) is 5.82 Å². The van der Waals surface area contributed by atoms with Crippen molar-refractivity contribution < 1.29 is 9.15 Å². The Morgan fingerprint density at radius 3 is 2.79 bits per heavy atom. The highest BCUT2D eigenvalue weighted by molar-refractivity contribution is 5.80. The molecule has 0 unspecified atom stereocenters. The maximum Gasteiger partial charge on any atom is 0.253 e. The van der Waals surface area contributed by atoms with E-state index < -0.39 is 6.04 Å². The number of ether oxygens (including phenoxy) is 1. The van der Waals surface area contributed by atoms with Crippen LogP contribution in [0.4, 0.5) is 0 Å². The van der Waals surface area contributed by atoms with Crippen LogP contribution in [0.1, 0.15) is 66.9 Å². The molecule has 4 heterocycles. The Morgan fingerprint density at radius 1 is 1.13 bits per heavy atom. The number of pyridine rings is 2. The first-order valence-electron chi connectivity index (χ1n) is 13.3. The summed E-state index contributed by atoms with van der Waals surface area (Å²) in [5, 5.41) is 14.0. The van der Waals surface area contributed by atoms with E-state index in [0.717, 1.165) is 47.9 Å². The first-order valence-corrected chi connectivity index (χ1v) is 13.3. The summed E-state index contributed by atoms with van der Waals surface area (Å²) in [6, 6.07) is 14.9. The van der Waals surface area contributed by atoms with Crippen molar-refractivity contribution >= 4 is 10.9 Å². The summed E-state index contributed by atoms with van der Waals surface area (Å²) in [6.45, 7) is 0.950. The molecule has 39 heavy (non-hydrogen) atoms. The quantitative estimate of drug-likeness (QED) is 0.292. The molecule has 1 N–H and O–H groups in total. The Labute approximate surface area is 225 Å². The number of aromatic nitrogens is 6. The van der Waals surface area contributed by atoms with Gasteiger partial charge in [-0.25, -0.2) is 4.68 Å². The number of tetrazole rings is 1. The highest BCUT2D eigenvalue weighted by atomic mass is 16.5. The Morgan fingerprint density at radius 2 is 2.03 bits per heavy atom. The molecule has 1 saturated carbocycles. The van der Waals surface area contributed by atoms with Gasteiger partial charge in [0.25, 0.3) is 5.56 Å². The van der Waals surface area contributed by atoms with Crippen LogP contribution in [-0.2, 0) is 13.1 Å². The molecule has 0 aliphatic heterocycles. The lowest BCUT2D eigenvalue weighted by atomic mass is 9.95. The molecule has 1 atom stereocenters. The van der Waals surface area contributed by atoms with Gasteiger partial charge in [-0.15, -0.1) is 5.10 Å². The lowest BCUT2D eigenvalue weighted by Gasteiger charge is -2.32. The van der Waals surface area contributed by atoms with Gasteiger partial charge >= 0.3 is 0 Å². The summed E-state index contributed by atoms with van der Waals surface area (Å²) in [5.74, 6) is 2.14. The summed E-state index contributed by atoms with van der Waals surface area (Å²) in [5.41, 5.74) is 2.11. The third-order valence-electron chi connectivity index (χ3n) is 7.47. The zero-order valence-corrected chi connectivity index (χ0v) is 21.9. The van der Waals surface area contributed by atoms with Gasteiger partial charge in [-0.3, -0.25) is 14.7 Å². The highest BCUT2D eigenvalue weighted by Gasteiger charge is 2.33. The molecule has 0 amide bonds. The van der Waals surface area contributed by atoms with E-state index in [1.54, 1.807) is 19.6 Å². The van der Waals surface area contributed by atoms with Gasteiger partial charge in [0.2, 0.25) is 0 Å². The fourth-order valence-electron chi connectivity index (χ4n) is 5.56. The molecule has 0 bridgehead atoms. The van der Waals surface area contributed by atoms with Crippen LogP contribution >= 0.6 is 0 Å². The normalized spacial score (nSPS) is 15.1. The number of benzene rings is 1. The van der Waals surface area contributed by atoms with Crippen molar-refractivity contribution in [2.75, 3.05) is 7.11 Å². The summed E-state index contributed by atoms with van der Waals surface area (Å²) in [6.07, 6.45) is 10.8. The first kappa shape index (κ1) is 25.0. The molecular weight excluding hydrogens is 494 g/mol. The Kier molecular flexibility index (Phi) is 7.18. The van der Waals surface area contributed by atoms with E-state index >= 15 is 0 Å². The number of nitrogens with zero attached hydrogens (tertiary/aromatic N) is 6. The zero-order chi connectivity index (χ0) is 26.6. The summed E-state index contributed by atoms with van der Waals surface area (Å²) in [4.78, 5) is 23.3. The van der Waals surface area contributed by atoms with Crippen LogP contribution in [0, 0.1) is 0 Å². The molecule has 6 rings (SSSR count). The maximum atomic E-state index is 13.7. The molecule has 10 nitrogen and oxygen atoms in total. The average molecular weight is 526 g/mol. The number of methoxy groups -OCH3 is 1. The molecule has 1 aliphatic carbocycles. The lowest BCUT2D eigenvalue weighted by Crippen LogP contribution is -2.35. The number of fused-ring (bicyclic) bond motifs is 1. The minimum Gasteiger partial charge on any atom is -0.497 e. The van der Waals surface area contributed by atoms with E-state index in [9.17, 15) is 4.79 Å². The van der Waals surface area contributed by atoms with Crippen molar-refractivity contribution in [3.63, 3.8) is 0 Å². The summed E-state index contributed by atoms with van der Waals surface area (Å²) >= 11 is 0. The van der Waals surface area contributed by atoms with Gasteiger partial charge in [0.1, 0.15) is 17.6 Å². The van der Waals surface area contributed by atoms with Gasteiger partial charge in [-0.1, -0.05) is 25.3 Å². The van der Waals surface area contributed by atoms with Crippen LogP contribution in [0.2, 0.25) is 0 Å². The van der Waals surface area contributed by atoms with Gasteiger partial charge in [0.05, 0.1) is 26.0 Å². The van der Waals surface area contributed by atoms with Gasteiger partial charge in [-0.2, -0.15) is 0 Å². The second-order valence-corrected chi connectivity index (χ2v) is 10.0. The smallest absolute Gasteiger partial charge is 0.253 e. The third-order valence-corrected chi connectivity index (χ3v) is 7.47. The standard InChI is InChI=1S/C29H31N7O3/c1-38-23-11-12-26-21(15-23)16-25(29(37)31-26)27(28-32-33-34-36(28)22-8-3-2-4-9-22)35(19-24-10-6-14-39-24)18-20-7-5-13-30-17-20/h5-7,10-17,22,27H,2-4,8-9,18-19H2,1H3,(H,31,37)/t27-/m0/s1. The van der Waals surface area contributed by atoms with E-state index in [0.29, 0.717) is 30.2 Å². The fourth-order valence-corrected chi connectivity index (χ4v) is 5.56. The van der Waals surface area contributed by atoms with Crippen LogP contribution in [0.25, 0.3) is 10.9 Å². The molecule has 5 aromatic rings. The highest BCUT2D eigenvalue weighted by Crippen LogP contribution is 2.34. The van der Waals surface area contributed by atoms with Gasteiger partial charge in [0, 0.05) is 35.4 Å². The topological polar surface area (TPSA) is 115 Å². The Hall–Kier alpha value is -4.31. The molecule has 10 heteroatoms. The van der Waals surface area contributed by atoms with E-state index in [-0.39, 0.29) is 11.6 Å². The number of rotatable bonds is 9. The molecule has 1 aliphatic rings. The SMILES string of the molecule is COc1ccc2[nH]c(=O)c([C@@H](c3nnnn3C3CCCCC3)N(Cc3cccnc3)Cc3ccco3)cc2c1. The van der Waals surface area contributed by atoms with E-state index in [4.69, 9.17) is 9.15 Å². The maximum absolute atomic E-state index is 13.7. The van der Waals surface area contributed by atoms with Crippen LogP contribution in [-0.4, -0.2) is 42.2 Å². The molecule has 1 aromatic carbocycles. The van der Waals surface area contributed by atoms with Crippen LogP contribution in [0.3, 0.4) is 0 Å². The predicted molar refractivity (Wildman–Crippen MR) is 145 cm³/mol. The fraction of sp³-hybridized carbons (Fsp3) is 0.345. The van der Waals surface area contributed by atoms with Crippen molar-refractivity contribution in [1.82, 2.24) is 35.1 Å².